The first-order valence-electron chi connectivity index (χ1n) is 7.61. The van der Waals surface area contributed by atoms with Crippen LogP contribution in [0.15, 0.2) is 48.5 Å². The zero-order chi connectivity index (χ0) is 19.3. The average Bonchev–Trinajstić information content (AvgIpc) is 2.55. The second kappa shape index (κ2) is 7.99. The maximum Gasteiger partial charge on any atom is 0.471 e. The fraction of sp³-hybridized carbons (Fsp3) is 0.222. The summed E-state index contributed by atoms with van der Waals surface area (Å²) in [5.74, 6) is -2.91. The number of anilines is 1. The van der Waals surface area contributed by atoms with Crippen LogP contribution in [0.1, 0.15) is 11.1 Å². The van der Waals surface area contributed by atoms with E-state index in [1.54, 1.807) is 18.2 Å². The van der Waals surface area contributed by atoms with Gasteiger partial charge in [-0.25, -0.2) is 4.39 Å². The number of benzene rings is 2. The highest BCUT2D eigenvalue weighted by atomic mass is 19.4. The number of nitrogens with one attached hydrogen (secondary N) is 1. The highest BCUT2D eigenvalue weighted by Crippen LogP contribution is 2.20. The van der Waals surface area contributed by atoms with Crippen LogP contribution in [0.5, 0.6) is 0 Å². The molecule has 8 heteroatoms. The van der Waals surface area contributed by atoms with Crippen molar-refractivity contribution >= 4 is 17.5 Å². The molecule has 2 amide bonds. The third-order valence-corrected chi connectivity index (χ3v) is 3.53. The molecule has 0 aromatic heterocycles. The van der Waals surface area contributed by atoms with Gasteiger partial charge in [-0.1, -0.05) is 30.3 Å². The normalized spacial score (nSPS) is 11.1. The molecule has 0 aliphatic rings. The van der Waals surface area contributed by atoms with Crippen LogP contribution >= 0.6 is 0 Å². The summed E-state index contributed by atoms with van der Waals surface area (Å²) < 4.78 is 50.8. The van der Waals surface area contributed by atoms with Gasteiger partial charge in [-0.2, -0.15) is 13.2 Å². The van der Waals surface area contributed by atoms with Gasteiger partial charge in [0.25, 0.3) is 0 Å². The van der Waals surface area contributed by atoms with Gasteiger partial charge < -0.3 is 10.2 Å². The number of hydrogen-bond donors (Lipinski definition) is 1. The highest BCUT2D eigenvalue weighted by molar-refractivity contribution is 5.92. The fourth-order valence-electron chi connectivity index (χ4n) is 2.33. The summed E-state index contributed by atoms with van der Waals surface area (Å²) in [5, 5.41) is 2.56. The average molecular weight is 368 g/mol. The Bertz CT molecular complexity index is 806. The molecular weight excluding hydrogens is 352 g/mol. The molecule has 1 N–H and O–H groups in total. The van der Waals surface area contributed by atoms with E-state index in [-0.39, 0.29) is 18.5 Å². The van der Waals surface area contributed by atoms with Crippen LogP contribution in [0.25, 0.3) is 0 Å². The maximum absolute atomic E-state index is 13.6. The summed E-state index contributed by atoms with van der Waals surface area (Å²) in [4.78, 5) is 23.7. The predicted octanol–water partition coefficient (Wildman–Crippen LogP) is 3.53. The lowest BCUT2D eigenvalue weighted by molar-refractivity contribution is -0.184. The molecule has 0 bridgehead atoms. The van der Waals surface area contributed by atoms with Crippen molar-refractivity contribution in [2.24, 2.45) is 0 Å². The summed E-state index contributed by atoms with van der Waals surface area (Å²) in [7, 11) is 1.04. The van der Waals surface area contributed by atoms with Gasteiger partial charge in [-0.05, 0) is 29.3 Å². The predicted molar refractivity (Wildman–Crippen MR) is 87.7 cm³/mol. The van der Waals surface area contributed by atoms with E-state index in [0.717, 1.165) is 7.05 Å². The number of hydrogen-bond acceptors (Lipinski definition) is 2. The molecule has 2 aromatic rings. The quantitative estimate of drug-likeness (QED) is 0.821. The van der Waals surface area contributed by atoms with E-state index < -0.39 is 23.8 Å². The monoisotopic (exact) mass is 368 g/mol. The Hall–Kier alpha value is -2.90. The van der Waals surface area contributed by atoms with Crippen molar-refractivity contribution in [3.8, 4) is 0 Å². The van der Waals surface area contributed by atoms with Crippen LogP contribution < -0.4 is 5.32 Å². The number of nitrogens with zero attached hydrogens (tertiary/aromatic N) is 1. The second-order valence-electron chi connectivity index (χ2n) is 5.68. The topological polar surface area (TPSA) is 49.4 Å². The molecule has 0 atom stereocenters. The molecule has 26 heavy (non-hydrogen) atoms. The van der Waals surface area contributed by atoms with Crippen LogP contribution in [-0.2, 0) is 22.6 Å². The molecule has 0 fully saturated rings. The molecule has 2 aromatic carbocycles. The number of halogens is 4. The molecular formula is C18H16F4N2O2. The molecule has 0 unspecified atom stereocenters. The van der Waals surface area contributed by atoms with Gasteiger partial charge in [-0.3, -0.25) is 9.59 Å². The third kappa shape index (κ3) is 5.30. The van der Waals surface area contributed by atoms with Crippen LogP contribution in [0.3, 0.4) is 0 Å². The maximum atomic E-state index is 13.6. The van der Waals surface area contributed by atoms with Crippen LogP contribution in [0, 0.1) is 5.82 Å². The zero-order valence-electron chi connectivity index (χ0n) is 13.8. The lowest BCUT2D eigenvalue weighted by Crippen LogP contribution is -2.37. The van der Waals surface area contributed by atoms with Gasteiger partial charge in [0.05, 0.1) is 6.42 Å². The zero-order valence-corrected chi connectivity index (χ0v) is 13.8. The minimum atomic E-state index is -4.94. The first-order valence-corrected chi connectivity index (χ1v) is 7.61. The van der Waals surface area contributed by atoms with Crippen molar-refractivity contribution in [3.63, 3.8) is 0 Å². The molecule has 0 saturated heterocycles. The summed E-state index contributed by atoms with van der Waals surface area (Å²) in [5.41, 5.74) is 0.988. The second-order valence-corrected chi connectivity index (χ2v) is 5.68. The van der Waals surface area contributed by atoms with Gasteiger partial charge >= 0.3 is 12.1 Å². The summed E-state index contributed by atoms with van der Waals surface area (Å²) >= 11 is 0. The highest BCUT2D eigenvalue weighted by Gasteiger charge is 2.41. The van der Waals surface area contributed by atoms with E-state index in [2.05, 4.69) is 5.32 Å². The van der Waals surface area contributed by atoms with Crippen molar-refractivity contribution in [3.05, 3.63) is 65.5 Å². The number of carbonyl (C=O) groups excluding carboxylic acids is 2. The minimum Gasteiger partial charge on any atom is -0.334 e. The van der Waals surface area contributed by atoms with Crippen LogP contribution in [0.2, 0.25) is 0 Å². The van der Waals surface area contributed by atoms with Crippen molar-refractivity contribution in [1.29, 1.82) is 0 Å². The Labute approximate surface area is 147 Å². The summed E-state index contributed by atoms with van der Waals surface area (Å²) in [6.45, 7) is -0.268. The summed E-state index contributed by atoms with van der Waals surface area (Å²) in [6.07, 6.45) is -5.12. The van der Waals surface area contributed by atoms with E-state index in [0.29, 0.717) is 16.2 Å². The Morgan fingerprint density at radius 2 is 1.77 bits per heavy atom. The molecule has 4 nitrogen and oxygen atoms in total. The Morgan fingerprint density at radius 3 is 2.42 bits per heavy atom. The van der Waals surface area contributed by atoms with E-state index >= 15 is 0 Å². The summed E-state index contributed by atoms with van der Waals surface area (Å²) in [6, 6.07) is 11.9. The Kier molecular flexibility index (Phi) is 5.97. The van der Waals surface area contributed by atoms with Crippen molar-refractivity contribution in [2.45, 2.75) is 19.1 Å². The molecule has 138 valence electrons. The van der Waals surface area contributed by atoms with E-state index in [1.807, 2.05) is 0 Å². The van der Waals surface area contributed by atoms with Gasteiger partial charge in [0.2, 0.25) is 5.91 Å². The van der Waals surface area contributed by atoms with Crippen molar-refractivity contribution in [2.75, 3.05) is 12.4 Å². The van der Waals surface area contributed by atoms with Gasteiger partial charge in [0, 0.05) is 19.3 Å². The molecule has 0 radical (unpaired) electrons. The lowest BCUT2D eigenvalue weighted by atomic mass is 10.1. The van der Waals surface area contributed by atoms with Crippen molar-refractivity contribution < 1.29 is 27.2 Å². The fourth-order valence-corrected chi connectivity index (χ4v) is 2.33. The molecule has 2 rings (SSSR count). The largest absolute Gasteiger partial charge is 0.471 e. The minimum absolute atomic E-state index is 0.177. The number of carbonyl (C=O) groups is 2. The van der Waals surface area contributed by atoms with E-state index in [9.17, 15) is 27.2 Å². The molecule has 0 spiro atoms. The van der Waals surface area contributed by atoms with Gasteiger partial charge in [0.15, 0.2) is 0 Å². The molecule has 0 aliphatic carbocycles. The number of alkyl halides is 3. The van der Waals surface area contributed by atoms with E-state index in [1.165, 1.54) is 30.3 Å². The standard InChI is InChI=1S/C18H16F4N2O2/c1-24(17(26)18(20,21)22)11-12-5-4-7-14(9-12)23-16(25)10-13-6-2-3-8-15(13)19/h2-9H,10-11H2,1H3,(H,23,25). The third-order valence-electron chi connectivity index (χ3n) is 3.53. The first kappa shape index (κ1) is 19.4. The van der Waals surface area contributed by atoms with Gasteiger partial charge in [-0.15, -0.1) is 0 Å². The van der Waals surface area contributed by atoms with Crippen LogP contribution in [-0.4, -0.2) is 29.9 Å². The van der Waals surface area contributed by atoms with Crippen LogP contribution in [0.4, 0.5) is 23.2 Å². The Balaban J connectivity index is 2.01. The number of rotatable bonds is 5. The molecule has 0 saturated carbocycles. The Morgan fingerprint density at radius 1 is 1.08 bits per heavy atom. The lowest BCUT2D eigenvalue weighted by Gasteiger charge is -2.19. The van der Waals surface area contributed by atoms with Gasteiger partial charge in [0.1, 0.15) is 5.82 Å². The first-order chi connectivity index (χ1) is 12.2. The molecule has 0 aliphatic heterocycles. The van der Waals surface area contributed by atoms with E-state index in [4.69, 9.17) is 0 Å². The molecule has 0 heterocycles. The van der Waals surface area contributed by atoms with Crippen molar-refractivity contribution in [1.82, 2.24) is 4.90 Å². The SMILES string of the molecule is CN(Cc1cccc(NC(=O)Cc2ccccc2F)c1)C(=O)C(F)(F)F. The number of amides is 2. The smallest absolute Gasteiger partial charge is 0.334 e.